The van der Waals surface area contributed by atoms with Crippen molar-refractivity contribution in [2.45, 2.75) is 13.0 Å². The first-order chi connectivity index (χ1) is 5.88. The number of pyridine rings is 1. The monoisotopic (exact) mass is 161 g/mol. The van der Waals surface area contributed by atoms with Crippen LogP contribution in [0.1, 0.15) is 18.7 Å². The normalized spacial score (nSPS) is 12.0. The van der Waals surface area contributed by atoms with Gasteiger partial charge < -0.3 is 0 Å². The molecule has 1 aromatic rings. The fraction of sp³-hybridized carbons (Fsp3) is 0.333. The van der Waals surface area contributed by atoms with Crippen molar-refractivity contribution in [1.29, 1.82) is 5.26 Å². The summed E-state index contributed by atoms with van der Waals surface area (Å²) in [6.07, 6.45) is 1.69. The first-order valence-electron chi connectivity index (χ1n) is 3.92. The third-order valence-corrected chi connectivity index (χ3v) is 1.52. The molecule has 12 heavy (non-hydrogen) atoms. The van der Waals surface area contributed by atoms with Crippen molar-refractivity contribution in [2.75, 3.05) is 6.54 Å². The maximum atomic E-state index is 8.76. The molecule has 1 atom stereocenters. The van der Waals surface area contributed by atoms with E-state index >= 15 is 0 Å². The Labute approximate surface area is 72.1 Å². The summed E-state index contributed by atoms with van der Waals surface area (Å²) in [4.78, 5) is 4.08. The summed E-state index contributed by atoms with van der Waals surface area (Å²) in [5, 5.41) is 11.8. The minimum atomic E-state index is -0.281. The van der Waals surface area contributed by atoms with Crippen molar-refractivity contribution in [2.24, 2.45) is 0 Å². The lowest BCUT2D eigenvalue weighted by Crippen LogP contribution is -2.19. The van der Waals surface area contributed by atoms with E-state index in [1.807, 2.05) is 25.1 Å². The summed E-state index contributed by atoms with van der Waals surface area (Å²) in [5.41, 5.74) is 0.779. The molecule has 0 saturated heterocycles. The van der Waals surface area contributed by atoms with E-state index in [2.05, 4.69) is 16.4 Å². The Hall–Kier alpha value is -1.40. The molecule has 1 unspecified atom stereocenters. The molecule has 1 N–H and O–H groups in total. The molecule has 0 bridgehead atoms. The van der Waals surface area contributed by atoms with Crippen LogP contribution in [0.5, 0.6) is 0 Å². The second kappa shape index (κ2) is 4.47. The van der Waals surface area contributed by atoms with Gasteiger partial charge in [0.2, 0.25) is 0 Å². The molecule has 0 aliphatic carbocycles. The molecule has 62 valence electrons. The number of rotatable bonds is 3. The van der Waals surface area contributed by atoms with Gasteiger partial charge in [0.25, 0.3) is 0 Å². The van der Waals surface area contributed by atoms with Crippen molar-refractivity contribution in [3.8, 4) is 6.07 Å². The maximum Gasteiger partial charge on any atom is 0.138 e. The first kappa shape index (κ1) is 8.69. The Bertz CT molecular complexity index is 263. The lowest BCUT2D eigenvalue weighted by Gasteiger charge is -2.07. The van der Waals surface area contributed by atoms with Crippen LogP contribution in [0.3, 0.4) is 0 Å². The van der Waals surface area contributed by atoms with Gasteiger partial charge in [-0.25, -0.2) is 0 Å². The highest BCUT2D eigenvalue weighted by Crippen LogP contribution is 2.06. The van der Waals surface area contributed by atoms with Crippen LogP contribution in [-0.4, -0.2) is 11.5 Å². The molecule has 0 radical (unpaired) electrons. The molecule has 0 spiro atoms. The fourth-order valence-corrected chi connectivity index (χ4v) is 0.967. The number of nitriles is 1. The number of nitrogens with one attached hydrogen (secondary N) is 1. The van der Waals surface area contributed by atoms with Crippen LogP contribution in [0.2, 0.25) is 0 Å². The van der Waals surface area contributed by atoms with Gasteiger partial charge in [-0.05, 0) is 18.7 Å². The Balaban J connectivity index is 2.75. The molecular formula is C9H11N3. The van der Waals surface area contributed by atoms with Crippen molar-refractivity contribution >= 4 is 0 Å². The van der Waals surface area contributed by atoms with Crippen LogP contribution >= 0.6 is 0 Å². The minimum Gasteiger partial charge on any atom is -0.297 e. The lowest BCUT2D eigenvalue weighted by atomic mass is 10.2. The van der Waals surface area contributed by atoms with Crippen molar-refractivity contribution in [3.05, 3.63) is 30.1 Å². The second-order valence-corrected chi connectivity index (χ2v) is 2.37. The fourth-order valence-electron chi connectivity index (χ4n) is 0.967. The Morgan fingerprint density at radius 1 is 1.67 bits per heavy atom. The van der Waals surface area contributed by atoms with Gasteiger partial charge in [0, 0.05) is 6.20 Å². The Kier molecular flexibility index (Phi) is 3.24. The van der Waals surface area contributed by atoms with Gasteiger partial charge in [0.05, 0.1) is 11.8 Å². The zero-order chi connectivity index (χ0) is 8.81. The highest BCUT2D eigenvalue weighted by atomic mass is 14.9. The van der Waals surface area contributed by atoms with E-state index < -0.39 is 0 Å². The van der Waals surface area contributed by atoms with E-state index in [0.717, 1.165) is 12.2 Å². The van der Waals surface area contributed by atoms with E-state index in [1.165, 1.54) is 0 Å². The van der Waals surface area contributed by atoms with Crippen LogP contribution in [0.4, 0.5) is 0 Å². The van der Waals surface area contributed by atoms with Crippen LogP contribution in [0.15, 0.2) is 24.4 Å². The summed E-state index contributed by atoms with van der Waals surface area (Å²) in [6, 6.07) is 7.42. The average molecular weight is 161 g/mol. The summed E-state index contributed by atoms with van der Waals surface area (Å²) in [6.45, 7) is 2.74. The summed E-state index contributed by atoms with van der Waals surface area (Å²) in [5.74, 6) is 0. The average Bonchev–Trinajstić information content (AvgIpc) is 2.15. The van der Waals surface area contributed by atoms with E-state index in [4.69, 9.17) is 5.26 Å². The second-order valence-electron chi connectivity index (χ2n) is 2.37. The highest BCUT2D eigenvalue weighted by Gasteiger charge is 2.07. The van der Waals surface area contributed by atoms with Crippen LogP contribution in [0.25, 0.3) is 0 Å². The van der Waals surface area contributed by atoms with Crippen LogP contribution < -0.4 is 5.32 Å². The van der Waals surface area contributed by atoms with Crippen LogP contribution in [0, 0.1) is 11.3 Å². The molecule has 0 fully saturated rings. The van der Waals surface area contributed by atoms with E-state index in [-0.39, 0.29) is 6.04 Å². The summed E-state index contributed by atoms with van der Waals surface area (Å²) >= 11 is 0. The zero-order valence-electron chi connectivity index (χ0n) is 6.99. The molecule has 0 aliphatic rings. The smallest absolute Gasteiger partial charge is 0.138 e. The van der Waals surface area contributed by atoms with Crippen molar-refractivity contribution < 1.29 is 0 Å². The van der Waals surface area contributed by atoms with E-state index in [0.29, 0.717) is 0 Å². The van der Waals surface area contributed by atoms with Gasteiger partial charge in [-0.2, -0.15) is 5.26 Å². The number of hydrogen-bond acceptors (Lipinski definition) is 3. The number of nitrogens with zero attached hydrogens (tertiary/aromatic N) is 2. The van der Waals surface area contributed by atoms with E-state index in [9.17, 15) is 0 Å². The lowest BCUT2D eigenvalue weighted by molar-refractivity contribution is 0.642. The third-order valence-electron chi connectivity index (χ3n) is 1.52. The van der Waals surface area contributed by atoms with Gasteiger partial charge in [0.15, 0.2) is 0 Å². The van der Waals surface area contributed by atoms with E-state index in [1.54, 1.807) is 6.20 Å². The molecule has 0 saturated carbocycles. The van der Waals surface area contributed by atoms with Gasteiger partial charge in [-0.1, -0.05) is 13.0 Å². The predicted octanol–water partition coefficient (Wildman–Crippen LogP) is 1.26. The molecule has 0 aliphatic heterocycles. The summed E-state index contributed by atoms with van der Waals surface area (Å²) in [7, 11) is 0. The number of hydrogen-bond donors (Lipinski definition) is 1. The molecule has 1 heterocycles. The SMILES string of the molecule is CCNC(C#N)c1ccccn1. The van der Waals surface area contributed by atoms with Gasteiger partial charge in [-0.15, -0.1) is 0 Å². The summed E-state index contributed by atoms with van der Waals surface area (Å²) < 4.78 is 0. The van der Waals surface area contributed by atoms with Gasteiger partial charge >= 0.3 is 0 Å². The molecule has 0 aromatic carbocycles. The van der Waals surface area contributed by atoms with Crippen molar-refractivity contribution in [3.63, 3.8) is 0 Å². The first-order valence-corrected chi connectivity index (χ1v) is 3.92. The predicted molar refractivity (Wildman–Crippen MR) is 46.3 cm³/mol. The molecule has 0 amide bonds. The quantitative estimate of drug-likeness (QED) is 0.726. The topological polar surface area (TPSA) is 48.7 Å². The molecule has 3 heteroatoms. The standard InChI is InChI=1S/C9H11N3/c1-2-11-9(7-10)8-5-3-4-6-12-8/h3-6,9,11H,2H2,1H3. The Morgan fingerprint density at radius 3 is 3.00 bits per heavy atom. The largest absolute Gasteiger partial charge is 0.297 e. The molecule has 1 aromatic heterocycles. The third kappa shape index (κ3) is 2.04. The van der Waals surface area contributed by atoms with Gasteiger partial charge in [-0.3, -0.25) is 10.3 Å². The molecule has 1 rings (SSSR count). The Morgan fingerprint density at radius 2 is 2.50 bits per heavy atom. The maximum absolute atomic E-state index is 8.76. The molecular weight excluding hydrogens is 150 g/mol. The van der Waals surface area contributed by atoms with Crippen molar-refractivity contribution in [1.82, 2.24) is 10.3 Å². The van der Waals surface area contributed by atoms with Gasteiger partial charge in [0.1, 0.15) is 6.04 Å². The van der Waals surface area contributed by atoms with Crippen LogP contribution in [-0.2, 0) is 0 Å². The zero-order valence-corrected chi connectivity index (χ0v) is 6.99. The minimum absolute atomic E-state index is 0.281. The number of aromatic nitrogens is 1. The highest BCUT2D eigenvalue weighted by molar-refractivity contribution is 5.15. The molecule has 3 nitrogen and oxygen atoms in total.